The SMILES string of the molecule is COc1ccc(C(CO)Oc2ccccc2OC)cc1. The molecule has 1 unspecified atom stereocenters. The number of benzene rings is 2. The van der Waals surface area contributed by atoms with E-state index in [1.807, 2.05) is 48.5 Å². The second-order valence-electron chi connectivity index (χ2n) is 4.21. The van der Waals surface area contributed by atoms with Gasteiger partial charge in [0.1, 0.15) is 11.9 Å². The Hall–Kier alpha value is -2.20. The smallest absolute Gasteiger partial charge is 0.162 e. The average molecular weight is 274 g/mol. The molecule has 4 heteroatoms. The Bertz CT molecular complexity index is 536. The number of hydrogen-bond acceptors (Lipinski definition) is 4. The predicted molar refractivity (Wildman–Crippen MR) is 76.4 cm³/mol. The molecule has 2 aromatic rings. The highest BCUT2D eigenvalue weighted by Crippen LogP contribution is 2.31. The standard InChI is InChI=1S/C16H18O4/c1-18-13-9-7-12(8-10-13)16(11-17)20-15-6-4-3-5-14(15)19-2/h3-10,16-17H,11H2,1-2H3. The van der Waals surface area contributed by atoms with Crippen molar-refractivity contribution in [2.45, 2.75) is 6.10 Å². The van der Waals surface area contributed by atoms with E-state index in [0.29, 0.717) is 11.5 Å². The molecule has 0 spiro atoms. The van der Waals surface area contributed by atoms with E-state index in [9.17, 15) is 5.11 Å². The molecular weight excluding hydrogens is 256 g/mol. The maximum Gasteiger partial charge on any atom is 0.162 e. The van der Waals surface area contributed by atoms with Gasteiger partial charge < -0.3 is 19.3 Å². The topological polar surface area (TPSA) is 47.9 Å². The Morgan fingerprint density at radius 3 is 2.10 bits per heavy atom. The highest BCUT2D eigenvalue weighted by Gasteiger charge is 2.14. The minimum Gasteiger partial charge on any atom is -0.497 e. The van der Waals surface area contributed by atoms with Crippen molar-refractivity contribution in [3.8, 4) is 17.2 Å². The van der Waals surface area contributed by atoms with Crippen LogP contribution in [0, 0.1) is 0 Å². The molecule has 1 N–H and O–H groups in total. The van der Waals surface area contributed by atoms with Crippen LogP contribution in [0.5, 0.6) is 17.2 Å². The summed E-state index contributed by atoms with van der Waals surface area (Å²) in [6.07, 6.45) is -0.447. The zero-order chi connectivity index (χ0) is 14.4. The highest BCUT2D eigenvalue weighted by atomic mass is 16.5. The van der Waals surface area contributed by atoms with Crippen LogP contribution in [0.15, 0.2) is 48.5 Å². The summed E-state index contributed by atoms with van der Waals surface area (Å²) >= 11 is 0. The van der Waals surface area contributed by atoms with Gasteiger partial charge in [-0.05, 0) is 29.8 Å². The van der Waals surface area contributed by atoms with E-state index in [-0.39, 0.29) is 6.61 Å². The van der Waals surface area contributed by atoms with Crippen LogP contribution in [-0.2, 0) is 0 Å². The number of rotatable bonds is 6. The van der Waals surface area contributed by atoms with Crippen LogP contribution in [-0.4, -0.2) is 25.9 Å². The van der Waals surface area contributed by atoms with Gasteiger partial charge in [-0.1, -0.05) is 24.3 Å². The first-order chi connectivity index (χ1) is 9.78. The van der Waals surface area contributed by atoms with E-state index in [4.69, 9.17) is 14.2 Å². The highest BCUT2D eigenvalue weighted by molar-refractivity contribution is 5.40. The van der Waals surface area contributed by atoms with Gasteiger partial charge in [-0.25, -0.2) is 0 Å². The van der Waals surface area contributed by atoms with Gasteiger partial charge in [0.05, 0.1) is 20.8 Å². The van der Waals surface area contributed by atoms with Crippen molar-refractivity contribution in [1.82, 2.24) is 0 Å². The molecule has 0 aliphatic heterocycles. The lowest BCUT2D eigenvalue weighted by atomic mass is 10.1. The Morgan fingerprint density at radius 1 is 0.900 bits per heavy atom. The number of aliphatic hydroxyl groups excluding tert-OH is 1. The molecule has 20 heavy (non-hydrogen) atoms. The molecule has 0 saturated heterocycles. The van der Waals surface area contributed by atoms with Gasteiger partial charge in [0, 0.05) is 0 Å². The van der Waals surface area contributed by atoms with Gasteiger partial charge in [0.25, 0.3) is 0 Å². The van der Waals surface area contributed by atoms with Gasteiger partial charge in [-0.15, -0.1) is 0 Å². The molecule has 0 aliphatic carbocycles. The minimum atomic E-state index is -0.447. The van der Waals surface area contributed by atoms with E-state index in [1.54, 1.807) is 14.2 Å². The third kappa shape index (κ3) is 3.22. The Kier molecular flexibility index (Phi) is 4.85. The summed E-state index contributed by atoms with van der Waals surface area (Å²) in [5, 5.41) is 9.53. The predicted octanol–water partition coefficient (Wildman–Crippen LogP) is 2.82. The van der Waals surface area contributed by atoms with Gasteiger partial charge in [0.15, 0.2) is 11.5 Å². The molecule has 4 nitrogen and oxygen atoms in total. The van der Waals surface area contributed by atoms with Crippen molar-refractivity contribution in [3.63, 3.8) is 0 Å². The molecular formula is C16H18O4. The molecule has 0 amide bonds. The van der Waals surface area contributed by atoms with Crippen molar-refractivity contribution in [1.29, 1.82) is 0 Å². The third-order valence-corrected chi connectivity index (χ3v) is 2.99. The number of ether oxygens (including phenoxy) is 3. The largest absolute Gasteiger partial charge is 0.497 e. The minimum absolute atomic E-state index is 0.121. The number of methoxy groups -OCH3 is 2. The van der Waals surface area contributed by atoms with Crippen molar-refractivity contribution in [3.05, 3.63) is 54.1 Å². The summed E-state index contributed by atoms with van der Waals surface area (Å²) < 4.78 is 16.2. The van der Waals surface area contributed by atoms with Crippen molar-refractivity contribution in [2.24, 2.45) is 0 Å². The third-order valence-electron chi connectivity index (χ3n) is 2.99. The van der Waals surface area contributed by atoms with Crippen molar-refractivity contribution in [2.75, 3.05) is 20.8 Å². The summed E-state index contributed by atoms with van der Waals surface area (Å²) in [6, 6.07) is 14.8. The molecule has 2 rings (SSSR count). The van der Waals surface area contributed by atoms with Crippen LogP contribution in [0.2, 0.25) is 0 Å². The van der Waals surface area contributed by atoms with E-state index in [1.165, 1.54) is 0 Å². The Balaban J connectivity index is 2.19. The van der Waals surface area contributed by atoms with Crippen molar-refractivity contribution < 1.29 is 19.3 Å². The monoisotopic (exact) mass is 274 g/mol. The Labute approximate surface area is 118 Å². The summed E-state index contributed by atoms with van der Waals surface area (Å²) in [6.45, 7) is -0.121. The first kappa shape index (κ1) is 14.2. The average Bonchev–Trinajstić information content (AvgIpc) is 2.53. The molecule has 0 bridgehead atoms. The van der Waals surface area contributed by atoms with Gasteiger partial charge in [-0.2, -0.15) is 0 Å². The zero-order valence-corrected chi connectivity index (χ0v) is 11.6. The molecule has 1 atom stereocenters. The van der Waals surface area contributed by atoms with Crippen LogP contribution in [0.1, 0.15) is 11.7 Å². The van der Waals surface area contributed by atoms with Crippen LogP contribution >= 0.6 is 0 Å². The second kappa shape index (κ2) is 6.82. The fourth-order valence-electron chi connectivity index (χ4n) is 1.90. The molecule has 0 fully saturated rings. The van der Waals surface area contributed by atoms with Crippen LogP contribution in [0.4, 0.5) is 0 Å². The van der Waals surface area contributed by atoms with Gasteiger partial charge in [0.2, 0.25) is 0 Å². The molecule has 0 heterocycles. The van der Waals surface area contributed by atoms with Gasteiger partial charge >= 0.3 is 0 Å². The lowest BCUT2D eigenvalue weighted by Gasteiger charge is -2.19. The van der Waals surface area contributed by atoms with Crippen LogP contribution in [0.25, 0.3) is 0 Å². The van der Waals surface area contributed by atoms with Crippen molar-refractivity contribution >= 4 is 0 Å². The fourth-order valence-corrected chi connectivity index (χ4v) is 1.90. The number of aliphatic hydroxyl groups is 1. The van der Waals surface area contributed by atoms with E-state index < -0.39 is 6.10 Å². The van der Waals surface area contributed by atoms with E-state index >= 15 is 0 Å². The summed E-state index contributed by atoms with van der Waals surface area (Å²) in [5.74, 6) is 2.01. The van der Waals surface area contributed by atoms with E-state index in [0.717, 1.165) is 11.3 Å². The first-order valence-corrected chi connectivity index (χ1v) is 6.33. The first-order valence-electron chi connectivity index (χ1n) is 6.33. The fraction of sp³-hybridized carbons (Fsp3) is 0.250. The maximum absolute atomic E-state index is 9.53. The number of hydrogen-bond donors (Lipinski definition) is 1. The van der Waals surface area contributed by atoms with Crippen LogP contribution < -0.4 is 14.2 Å². The van der Waals surface area contributed by atoms with Gasteiger partial charge in [-0.3, -0.25) is 0 Å². The lowest BCUT2D eigenvalue weighted by molar-refractivity contribution is 0.113. The normalized spacial score (nSPS) is 11.8. The molecule has 0 radical (unpaired) electrons. The molecule has 0 aliphatic rings. The molecule has 0 aromatic heterocycles. The zero-order valence-electron chi connectivity index (χ0n) is 11.6. The quantitative estimate of drug-likeness (QED) is 0.880. The molecule has 106 valence electrons. The molecule has 2 aromatic carbocycles. The summed E-state index contributed by atoms with van der Waals surface area (Å²) in [5.41, 5.74) is 0.874. The summed E-state index contributed by atoms with van der Waals surface area (Å²) in [4.78, 5) is 0. The molecule has 0 saturated carbocycles. The number of para-hydroxylation sites is 2. The van der Waals surface area contributed by atoms with E-state index in [2.05, 4.69) is 0 Å². The Morgan fingerprint density at radius 2 is 1.55 bits per heavy atom. The maximum atomic E-state index is 9.53. The second-order valence-corrected chi connectivity index (χ2v) is 4.21. The lowest BCUT2D eigenvalue weighted by Crippen LogP contribution is -2.12. The summed E-state index contributed by atoms with van der Waals surface area (Å²) in [7, 11) is 3.20. The van der Waals surface area contributed by atoms with Crippen LogP contribution in [0.3, 0.4) is 0 Å².